The van der Waals surface area contributed by atoms with Crippen molar-refractivity contribution in [1.82, 2.24) is 5.16 Å². The first kappa shape index (κ1) is 12.2. The number of hydrogen-bond acceptors (Lipinski definition) is 5. The molecule has 0 radical (unpaired) electrons. The molecule has 0 unspecified atom stereocenters. The molecule has 16 heavy (non-hydrogen) atoms. The van der Waals surface area contributed by atoms with Gasteiger partial charge < -0.3 is 9.63 Å². The van der Waals surface area contributed by atoms with Gasteiger partial charge in [-0.15, -0.1) is 0 Å². The molecular formula is C11H13N3O2. The number of nitrogens with zero attached hydrogens (tertiary/aromatic N) is 3. The first-order valence-electron chi connectivity index (χ1n) is 4.82. The molecule has 0 atom stereocenters. The SMILES string of the molecule is CC(C#N)(C#N)Cc1cc(C(C)(C)O)on1. The van der Waals surface area contributed by atoms with E-state index >= 15 is 0 Å². The van der Waals surface area contributed by atoms with Gasteiger partial charge in [0.05, 0.1) is 17.8 Å². The number of hydrogen-bond donors (Lipinski definition) is 1. The highest BCUT2D eigenvalue weighted by atomic mass is 16.5. The molecule has 0 aromatic carbocycles. The van der Waals surface area contributed by atoms with Gasteiger partial charge in [-0.3, -0.25) is 0 Å². The van der Waals surface area contributed by atoms with Crippen molar-refractivity contribution in [1.29, 1.82) is 10.5 Å². The van der Waals surface area contributed by atoms with Gasteiger partial charge in [-0.1, -0.05) is 5.16 Å². The lowest BCUT2D eigenvalue weighted by molar-refractivity contribution is 0.0475. The Hall–Kier alpha value is -1.85. The first-order valence-corrected chi connectivity index (χ1v) is 4.82. The van der Waals surface area contributed by atoms with Gasteiger partial charge in [-0.25, -0.2) is 0 Å². The van der Waals surface area contributed by atoms with Crippen LogP contribution in [0.1, 0.15) is 32.2 Å². The largest absolute Gasteiger partial charge is 0.382 e. The molecule has 0 fully saturated rings. The van der Waals surface area contributed by atoms with Gasteiger partial charge in [0.25, 0.3) is 0 Å². The van der Waals surface area contributed by atoms with Crippen molar-refractivity contribution in [3.05, 3.63) is 17.5 Å². The summed E-state index contributed by atoms with van der Waals surface area (Å²) in [5.41, 5.74) is -1.74. The molecule has 5 heteroatoms. The van der Waals surface area contributed by atoms with Crippen molar-refractivity contribution in [2.24, 2.45) is 5.41 Å². The molecule has 0 aliphatic rings. The number of nitriles is 2. The molecule has 0 amide bonds. The van der Waals surface area contributed by atoms with Crippen LogP contribution in [0.3, 0.4) is 0 Å². The quantitative estimate of drug-likeness (QED) is 0.831. The lowest BCUT2D eigenvalue weighted by atomic mass is 9.89. The van der Waals surface area contributed by atoms with E-state index in [0.717, 1.165) is 0 Å². The first-order chi connectivity index (χ1) is 7.30. The van der Waals surface area contributed by atoms with E-state index in [2.05, 4.69) is 5.16 Å². The summed E-state index contributed by atoms with van der Waals surface area (Å²) in [7, 11) is 0. The molecule has 0 saturated heterocycles. The minimum Gasteiger partial charge on any atom is -0.382 e. The predicted octanol–water partition coefficient (Wildman–Crippen LogP) is 1.50. The van der Waals surface area contributed by atoms with Crippen molar-refractivity contribution < 1.29 is 9.63 Å². The maximum atomic E-state index is 9.65. The zero-order valence-corrected chi connectivity index (χ0v) is 9.48. The van der Waals surface area contributed by atoms with E-state index in [1.165, 1.54) is 6.92 Å². The van der Waals surface area contributed by atoms with Gasteiger partial charge in [0.2, 0.25) is 0 Å². The van der Waals surface area contributed by atoms with E-state index in [9.17, 15) is 5.11 Å². The van der Waals surface area contributed by atoms with E-state index in [-0.39, 0.29) is 6.42 Å². The molecule has 1 rings (SSSR count). The highest BCUT2D eigenvalue weighted by Crippen LogP contribution is 2.24. The van der Waals surface area contributed by atoms with Crippen LogP contribution in [0.5, 0.6) is 0 Å². The van der Waals surface area contributed by atoms with Gasteiger partial charge in [0.15, 0.2) is 5.76 Å². The Morgan fingerprint density at radius 2 is 1.94 bits per heavy atom. The molecule has 1 heterocycles. The Morgan fingerprint density at radius 1 is 1.38 bits per heavy atom. The van der Waals surface area contributed by atoms with Crippen molar-refractivity contribution >= 4 is 0 Å². The second-order valence-electron chi connectivity index (χ2n) is 4.47. The summed E-state index contributed by atoms with van der Waals surface area (Å²) in [5.74, 6) is 0.320. The smallest absolute Gasteiger partial charge is 0.167 e. The Kier molecular flexibility index (Phi) is 3.02. The fraction of sp³-hybridized carbons (Fsp3) is 0.545. The standard InChI is InChI=1S/C11H13N3O2/c1-10(2,15)9-4-8(14-16-9)5-11(3,6-12)7-13/h4,15H,5H2,1-3H3. The summed E-state index contributed by atoms with van der Waals surface area (Å²) in [5, 5.41) is 31.0. The zero-order chi connectivity index (χ0) is 12.4. The van der Waals surface area contributed by atoms with E-state index < -0.39 is 11.0 Å². The van der Waals surface area contributed by atoms with Crippen LogP contribution >= 0.6 is 0 Å². The topological polar surface area (TPSA) is 93.8 Å². The summed E-state index contributed by atoms with van der Waals surface area (Å²) < 4.78 is 4.95. The van der Waals surface area contributed by atoms with Crippen molar-refractivity contribution in [3.63, 3.8) is 0 Å². The lowest BCUT2D eigenvalue weighted by Crippen LogP contribution is -2.15. The minimum atomic E-state index is -1.12. The Balaban J connectivity index is 2.91. The zero-order valence-electron chi connectivity index (χ0n) is 9.48. The Bertz CT molecular complexity index is 443. The molecular weight excluding hydrogens is 206 g/mol. The average Bonchev–Trinajstić information content (AvgIpc) is 2.65. The van der Waals surface area contributed by atoms with Gasteiger partial charge in [-0.2, -0.15) is 10.5 Å². The van der Waals surface area contributed by atoms with Crippen LogP contribution in [-0.2, 0) is 12.0 Å². The predicted molar refractivity (Wildman–Crippen MR) is 54.8 cm³/mol. The van der Waals surface area contributed by atoms with Crippen LogP contribution in [0, 0.1) is 28.1 Å². The van der Waals surface area contributed by atoms with Gasteiger partial charge in [0.1, 0.15) is 11.0 Å². The van der Waals surface area contributed by atoms with E-state index in [4.69, 9.17) is 15.0 Å². The summed E-state index contributed by atoms with van der Waals surface area (Å²) in [4.78, 5) is 0. The van der Waals surface area contributed by atoms with Crippen LogP contribution < -0.4 is 0 Å². The van der Waals surface area contributed by atoms with E-state index in [1.807, 2.05) is 12.1 Å². The summed E-state index contributed by atoms with van der Waals surface area (Å²) in [6, 6.07) is 5.40. The van der Waals surface area contributed by atoms with Gasteiger partial charge >= 0.3 is 0 Å². The monoisotopic (exact) mass is 219 g/mol. The molecule has 5 nitrogen and oxygen atoms in total. The summed E-state index contributed by atoms with van der Waals surface area (Å²) >= 11 is 0. The van der Waals surface area contributed by atoms with Crippen LogP contribution in [0.15, 0.2) is 10.6 Å². The third-order valence-electron chi connectivity index (χ3n) is 2.19. The fourth-order valence-electron chi connectivity index (χ4n) is 1.15. The highest BCUT2D eigenvalue weighted by Gasteiger charge is 2.28. The van der Waals surface area contributed by atoms with Crippen molar-refractivity contribution in [2.45, 2.75) is 32.8 Å². The van der Waals surface area contributed by atoms with E-state index in [1.54, 1.807) is 19.9 Å². The van der Waals surface area contributed by atoms with Crippen molar-refractivity contribution in [3.8, 4) is 12.1 Å². The van der Waals surface area contributed by atoms with Crippen LogP contribution in [0.25, 0.3) is 0 Å². The van der Waals surface area contributed by atoms with Gasteiger partial charge in [-0.05, 0) is 20.8 Å². The van der Waals surface area contributed by atoms with Crippen molar-refractivity contribution in [2.75, 3.05) is 0 Å². The third kappa shape index (κ3) is 2.59. The molecule has 0 saturated carbocycles. The third-order valence-corrected chi connectivity index (χ3v) is 2.19. The summed E-state index contributed by atoms with van der Waals surface area (Å²) in [6.45, 7) is 4.68. The molecule has 0 aliphatic carbocycles. The second kappa shape index (κ2) is 3.96. The van der Waals surface area contributed by atoms with Crippen LogP contribution in [-0.4, -0.2) is 10.3 Å². The van der Waals surface area contributed by atoms with E-state index in [0.29, 0.717) is 11.5 Å². The normalized spacial score (nSPS) is 11.9. The van der Waals surface area contributed by atoms with Gasteiger partial charge in [0, 0.05) is 12.5 Å². The molecule has 84 valence electrons. The second-order valence-corrected chi connectivity index (χ2v) is 4.47. The van der Waals surface area contributed by atoms with Crippen LogP contribution in [0.2, 0.25) is 0 Å². The van der Waals surface area contributed by atoms with Crippen LogP contribution in [0.4, 0.5) is 0 Å². The molecule has 0 bridgehead atoms. The Labute approximate surface area is 93.9 Å². The maximum absolute atomic E-state index is 9.65. The Morgan fingerprint density at radius 3 is 2.31 bits per heavy atom. The molecule has 0 aliphatic heterocycles. The minimum absolute atomic E-state index is 0.180. The molecule has 1 aromatic rings. The number of aliphatic hydroxyl groups is 1. The molecule has 1 N–H and O–H groups in total. The molecule has 1 aromatic heterocycles. The summed E-state index contributed by atoms with van der Waals surface area (Å²) in [6.07, 6.45) is 0.180. The maximum Gasteiger partial charge on any atom is 0.167 e. The molecule has 0 spiro atoms. The fourth-order valence-corrected chi connectivity index (χ4v) is 1.15. The lowest BCUT2D eigenvalue weighted by Gasteiger charge is -2.11. The highest BCUT2D eigenvalue weighted by molar-refractivity contribution is 5.20. The number of rotatable bonds is 3. The number of aromatic nitrogens is 1. The average molecular weight is 219 g/mol.